The minimum atomic E-state index is -0.439. The molecule has 6 nitrogen and oxygen atoms in total. The van der Waals surface area contributed by atoms with Gasteiger partial charge in [0.2, 0.25) is 5.91 Å². The predicted molar refractivity (Wildman–Crippen MR) is 100 cm³/mol. The van der Waals surface area contributed by atoms with Gasteiger partial charge in [0.15, 0.2) is 0 Å². The Morgan fingerprint density at radius 3 is 2.73 bits per heavy atom. The van der Waals surface area contributed by atoms with Crippen molar-refractivity contribution in [3.63, 3.8) is 0 Å². The van der Waals surface area contributed by atoms with Crippen LogP contribution in [-0.2, 0) is 9.53 Å². The summed E-state index contributed by atoms with van der Waals surface area (Å²) in [5, 5.41) is 3.38. The van der Waals surface area contributed by atoms with Gasteiger partial charge in [0.05, 0.1) is 11.6 Å². The number of alkyl carbamates (subject to hydrolysis) is 1. The van der Waals surface area contributed by atoms with Crippen LogP contribution in [0.5, 0.6) is 5.75 Å². The first-order valence-electron chi connectivity index (χ1n) is 8.79. The molecule has 1 aromatic carbocycles. The van der Waals surface area contributed by atoms with Gasteiger partial charge in [0.1, 0.15) is 12.4 Å². The molecule has 0 aliphatic carbocycles. The zero-order valence-corrected chi connectivity index (χ0v) is 15.5. The molecule has 1 heterocycles. The number of amides is 2. The van der Waals surface area contributed by atoms with E-state index in [9.17, 15) is 9.59 Å². The maximum absolute atomic E-state index is 12.3. The van der Waals surface area contributed by atoms with Crippen LogP contribution in [0.1, 0.15) is 25.7 Å². The molecule has 1 saturated heterocycles. The van der Waals surface area contributed by atoms with Gasteiger partial charge in [-0.2, -0.15) is 0 Å². The fourth-order valence-corrected chi connectivity index (χ4v) is 2.93. The molecule has 2 amide bonds. The fourth-order valence-electron chi connectivity index (χ4n) is 2.74. The van der Waals surface area contributed by atoms with E-state index in [2.05, 4.69) is 11.9 Å². The Hall–Kier alpha value is -2.21. The van der Waals surface area contributed by atoms with Crippen molar-refractivity contribution in [1.29, 1.82) is 0 Å². The number of rotatable bonds is 8. The Kier molecular flexibility index (Phi) is 8.28. The molecular weight excluding hydrogens is 356 g/mol. The van der Waals surface area contributed by atoms with Crippen molar-refractivity contribution in [3.8, 4) is 5.75 Å². The van der Waals surface area contributed by atoms with Crippen molar-refractivity contribution in [3.05, 3.63) is 41.9 Å². The summed E-state index contributed by atoms with van der Waals surface area (Å²) in [7, 11) is 0. The van der Waals surface area contributed by atoms with Crippen LogP contribution in [0.15, 0.2) is 36.9 Å². The van der Waals surface area contributed by atoms with Gasteiger partial charge in [-0.3, -0.25) is 4.79 Å². The molecule has 1 fully saturated rings. The number of ether oxygens (including phenoxy) is 2. The third kappa shape index (κ3) is 6.59. The van der Waals surface area contributed by atoms with Crippen LogP contribution in [0.3, 0.4) is 0 Å². The standard InChI is InChI=1S/C19H25ClN2O4/c1-2-13-26-19(24)21-15-9-11-22(12-10-15)18(23)8-5-14-25-17-7-4-3-6-16(17)20/h2-4,6-7,15H,1,5,8-14H2,(H,21,24). The second-order valence-corrected chi connectivity index (χ2v) is 6.48. The number of likely N-dealkylation sites (tertiary alicyclic amines) is 1. The summed E-state index contributed by atoms with van der Waals surface area (Å²) >= 11 is 6.02. The lowest BCUT2D eigenvalue weighted by molar-refractivity contribution is -0.132. The molecular formula is C19H25ClN2O4. The zero-order chi connectivity index (χ0) is 18.8. The third-order valence-electron chi connectivity index (χ3n) is 4.13. The summed E-state index contributed by atoms with van der Waals surface area (Å²) in [6.45, 7) is 5.41. The van der Waals surface area contributed by atoms with Crippen LogP contribution in [0.4, 0.5) is 4.79 Å². The molecule has 0 atom stereocenters. The molecule has 0 bridgehead atoms. The lowest BCUT2D eigenvalue weighted by Gasteiger charge is -2.32. The average Bonchev–Trinajstić information content (AvgIpc) is 2.65. The number of hydrogen-bond donors (Lipinski definition) is 1. The Morgan fingerprint density at radius 1 is 1.31 bits per heavy atom. The quantitative estimate of drug-likeness (QED) is 0.554. The molecule has 0 saturated carbocycles. The van der Waals surface area contributed by atoms with E-state index in [-0.39, 0.29) is 18.6 Å². The van der Waals surface area contributed by atoms with Gasteiger partial charge in [-0.1, -0.05) is 36.4 Å². The highest BCUT2D eigenvalue weighted by Gasteiger charge is 2.23. The molecule has 0 spiro atoms. The van der Waals surface area contributed by atoms with Gasteiger partial charge in [-0.25, -0.2) is 4.79 Å². The first-order chi connectivity index (χ1) is 12.6. The summed E-state index contributed by atoms with van der Waals surface area (Å²) in [6, 6.07) is 7.32. The molecule has 1 N–H and O–H groups in total. The maximum Gasteiger partial charge on any atom is 0.407 e. The number of carbonyl (C=O) groups is 2. The van der Waals surface area contributed by atoms with Crippen molar-refractivity contribution < 1.29 is 19.1 Å². The van der Waals surface area contributed by atoms with E-state index in [1.165, 1.54) is 6.08 Å². The van der Waals surface area contributed by atoms with Crippen LogP contribution in [0, 0.1) is 0 Å². The molecule has 7 heteroatoms. The molecule has 0 aromatic heterocycles. The second-order valence-electron chi connectivity index (χ2n) is 6.07. The van der Waals surface area contributed by atoms with Crippen molar-refractivity contribution in [2.24, 2.45) is 0 Å². The van der Waals surface area contributed by atoms with E-state index in [1.807, 2.05) is 23.1 Å². The maximum atomic E-state index is 12.3. The van der Waals surface area contributed by atoms with Gasteiger partial charge in [-0.05, 0) is 31.4 Å². The zero-order valence-electron chi connectivity index (χ0n) is 14.8. The van der Waals surface area contributed by atoms with Crippen molar-refractivity contribution in [2.75, 3.05) is 26.3 Å². The number of nitrogens with one attached hydrogen (secondary N) is 1. The van der Waals surface area contributed by atoms with E-state index < -0.39 is 6.09 Å². The van der Waals surface area contributed by atoms with Crippen molar-refractivity contribution in [2.45, 2.75) is 31.7 Å². The van der Waals surface area contributed by atoms with Crippen LogP contribution in [-0.4, -0.2) is 49.2 Å². The van der Waals surface area contributed by atoms with E-state index in [0.717, 1.165) is 12.8 Å². The van der Waals surface area contributed by atoms with Gasteiger partial charge in [-0.15, -0.1) is 0 Å². The van der Waals surface area contributed by atoms with E-state index in [4.69, 9.17) is 21.1 Å². The minimum Gasteiger partial charge on any atom is -0.492 e. The first-order valence-corrected chi connectivity index (χ1v) is 9.17. The van der Waals surface area contributed by atoms with Gasteiger partial charge in [0, 0.05) is 25.6 Å². The largest absolute Gasteiger partial charge is 0.492 e. The van der Waals surface area contributed by atoms with Gasteiger partial charge < -0.3 is 19.7 Å². The topological polar surface area (TPSA) is 67.9 Å². The highest BCUT2D eigenvalue weighted by atomic mass is 35.5. The van der Waals surface area contributed by atoms with Crippen LogP contribution in [0.2, 0.25) is 5.02 Å². The van der Waals surface area contributed by atoms with E-state index in [0.29, 0.717) is 43.3 Å². The monoisotopic (exact) mass is 380 g/mol. The Labute approximate surface area is 159 Å². The van der Waals surface area contributed by atoms with Gasteiger partial charge in [0.25, 0.3) is 0 Å². The summed E-state index contributed by atoms with van der Waals surface area (Å²) in [5.41, 5.74) is 0. The average molecular weight is 381 g/mol. The summed E-state index contributed by atoms with van der Waals surface area (Å²) < 4.78 is 10.5. The molecule has 2 rings (SSSR count). The Morgan fingerprint density at radius 2 is 2.04 bits per heavy atom. The number of benzene rings is 1. The van der Waals surface area contributed by atoms with Crippen LogP contribution >= 0.6 is 11.6 Å². The Bertz CT molecular complexity index is 615. The van der Waals surface area contributed by atoms with Gasteiger partial charge >= 0.3 is 6.09 Å². The van der Waals surface area contributed by atoms with Crippen molar-refractivity contribution in [1.82, 2.24) is 10.2 Å². The number of nitrogens with zero attached hydrogens (tertiary/aromatic N) is 1. The smallest absolute Gasteiger partial charge is 0.407 e. The molecule has 1 aromatic rings. The molecule has 0 unspecified atom stereocenters. The highest BCUT2D eigenvalue weighted by molar-refractivity contribution is 6.32. The number of halogens is 1. The summed E-state index contributed by atoms with van der Waals surface area (Å²) in [4.78, 5) is 25.6. The van der Waals surface area contributed by atoms with Crippen molar-refractivity contribution >= 4 is 23.6 Å². The predicted octanol–water partition coefficient (Wildman–Crippen LogP) is 3.40. The van der Waals surface area contributed by atoms with Crippen LogP contribution in [0.25, 0.3) is 0 Å². The summed E-state index contributed by atoms with van der Waals surface area (Å²) in [6.07, 6.45) is 3.61. The normalized spacial score (nSPS) is 14.6. The second kappa shape index (κ2) is 10.7. The third-order valence-corrected chi connectivity index (χ3v) is 4.44. The lowest BCUT2D eigenvalue weighted by Crippen LogP contribution is -2.46. The highest BCUT2D eigenvalue weighted by Crippen LogP contribution is 2.23. The van der Waals surface area contributed by atoms with E-state index >= 15 is 0 Å². The Balaban J connectivity index is 1.61. The number of piperidine rings is 1. The molecule has 1 aliphatic heterocycles. The molecule has 142 valence electrons. The van der Waals surface area contributed by atoms with E-state index in [1.54, 1.807) is 6.07 Å². The molecule has 0 radical (unpaired) electrons. The molecule has 26 heavy (non-hydrogen) atoms. The fraction of sp³-hybridized carbons (Fsp3) is 0.474. The SMILES string of the molecule is C=CCOC(=O)NC1CCN(C(=O)CCCOc2ccccc2Cl)CC1. The lowest BCUT2D eigenvalue weighted by atomic mass is 10.0. The minimum absolute atomic E-state index is 0.0416. The molecule has 1 aliphatic rings. The first kappa shape index (κ1) is 20.1. The number of para-hydroxylation sites is 1. The number of hydrogen-bond acceptors (Lipinski definition) is 4. The van der Waals surface area contributed by atoms with Crippen LogP contribution < -0.4 is 10.1 Å². The number of carbonyl (C=O) groups excluding carboxylic acids is 2. The summed E-state index contributed by atoms with van der Waals surface area (Å²) in [5.74, 6) is 0.747.